The number of benzene rings is 2. The highest BCUT2D eigenvalue weighted by molar-refractivity contribution is 5.27. The summed E-state index contributed by atoms with van der Waals surface area (Å²) in [7, 11) is 0. The molecule has 0 aliphatic rings. The van der Waals surface area contributed by atoms with E-state index in [0.29, 0.717) is 6.61 Å². The van der Waals surface area contributed by atoms with E-state index in [1.54, 1.807) is 12.1 Å². The summed E-state index contributed by atoms with van der Waals surface area (Å²) in [4.78, 5) is 0. The van der Waals surface area contributed by atoms with Gasteiger partial charge in [-0.2, -0.15) is 0 Å². The molecule has 2 aromatic carbocycles. The molecule has 0 fully saturated rings. The van der Waals surface area contributed by atoms with Gasteiger partial charge in [-0.1, -0.05) is 31.2 Å². The second kappa shape index (κ2) is 6.34. The average Bonchev–Trinajstić information content (AvgIpc) is 2.46. The molecule has 2 nitrogen and oxygen atoms in total. The van der Waals surface area contributed by atoms with Gasteiger partial charge in [0.25, 0.3) is 0 Å². The molecule has 0 spiro atoms. The molecule has 3 heteroatoms. The zero-order chi connectivity index (χ0) is 13.7. The normalized spacial score (nSPS) is 12.2. The van der Waals surface area contributed by atoms with E-state index in [0.717, 1.165) is 17.7 Å². The molecule has 0 saturated heterocycles. The maximum absolute atomic E-state index is 12.8. The number of hydrogen-bond donors (Lipinski definition) is 1. The Morgan fingerprint density at radius 2 is 1.68 bits per heavy atom. The van der Waals surface area contributed by atoms with E-state index in [4.69, 9.17) is 10.5 Å². The Balaban J connectivity index is 1.92. The van der Waals surface area contributed by atoms with Gasteiger partial charge in [0, 0.05) is 0 Å². The van der Waals surface area contributed by atoms with E-state index in [-0.39, 0.29) is 11.9 Å². The van der Waals surface area contributed by atoms with Crippen LogP contribution in [0.4, 0.5) is 4.39 Å². The molecule has 0 radical (unpaired) electrons. The van der Waals surface area contributed by atoms with E-state index in [1.807, 2.05) is 24.3 Å². The summed E-state index contributed by atoms with van der Waals surface area (Å²) in [5.41, 5.74) is 8.14. The molecule has 2 N–H and O–H groups in total. The number of aryl methyl sites for hydroxylation is 1. The quantitative estimate of drug-likeness (QED) is 0.892. The molecule has 19 heavy (non-hydrogen) atoms. The van der Waals surface area contributed by atoms with Crippen molar-refractivity contribution in [1.29, 1.82) is 0 Å². The molecule has 0 bridgehead atoms. The zero-order valence-electron chi connectivity index (χ0n) is 11.0. The summed E-state index contributed by atoms with van der Waals surface area (Å²) in [5, 5.41) is 0. The molecular formula is C16H18FNO. The average molecular weight is 259 g/mol. The maximum Gasteiger partial charge on any atom is 0.123 e. The number of ether oxygens (including phenoxy) is 1. The van der Waals surface area contributed by atoms with E-state index in [9.17, 15) is 4.39 Å². The molecule has 0 amide bonds. The zero-order valence-corrected chi connectivity index (χ0v) is 11.0. The summed E-state index contributed by atoms with van der Waals surface area (Å²) in [6, 6.07) is 13.9. The van der Waals surface area contributed by atoms with Crippen LogP contribution >= 0.6 is 0 Å². The van der Waals surface area contributed by atoms with E-state index >= 15 is 0 Å². The van der Waals surface area contributed by atoms with Crippen molar-refractivity contribution in [3.8, 4) is 5.75 Å². The van der Waals surface area contributed by atoms with Gasteiger partial charge < -0.3 is 10.5 Å². The van der Waals surface area contributed by atoms with E-state index in [2.05, 4.69) is 6.92 Å². The topological polar surface area (TPSA) is 35.2 Å². The van der Waals surface area contributed by atoms with Crippen LogP contribution in [-0.2, 0) is 6.42 Å². The highest BCUT2D eigenvalue weighted by Crippen LogP contribution is 2.16. The van der Waals surface area contributed by atoms with Crippen molar-refractivity contribution in [2.75, 3.05) is 6.61 Å². The molecule has 0 aromatic heterocycles. The Bertz CT molecular complexity index is 507. The lowest BCUT2D eigenvalue weighted by molar-refractivity contribution is 0.290. The van der Waals surface area contributed by atoms with Crippen LogP contribution in [0, 0.1) is 5.82 Å². The van der Waals surface area contributed by atoms with Gasteiger partial charge in [0.2, 0.25) is 0 Å². The van der Waals surface area contributed by atoms with Crippen LogP contribution in [0.3, 0.4) is 0 Å². The highest BCUT2D eigenvalue weighted by Gasteiger charge is 2.07. The minimum absolute atomic E-state index is 0.257. The lowest BCUT2D eigenvalue weighted by Crippen LogP contribution is -2.18. The minimum Gasteiger partial charge on any atom is -0.492 e. The Kier molecular flexibility index (Phi) is 4.53. The molecule has 0 aliphatic carbocycles. The standard InChI is InChI=1S/C16H18FNO/c1-2-12-3-9-15(10-4-12)19-11-16(18)13-5-7-14(17)8-6-13/h3-10,16H,2,11,18H2,1H3. The third-order valence-electron chi connectivity index (χ3n) is 3.06. The molecule has 2 aromatic rings. The van der Waals surface area contributed by atoms with Crippen molar-refractivity contribution >= 4 is 0 Å². The number of rotatable bonds is 5. The smallest absolute Gasteiger partial charge is 0.123 e. The first-order valence-electron chi connectivity index (χ1n) is 6.42. The molecule has 2 rings (SSSR count). The summed E-state index contributed by atoms with van der Waals surface area (Å²) in [6.07, 6.45) is 1.01. The molecule has 0 heterocycles. The van der Waals surface area contributed by atoms with E-state index < -0.39 is 0 Å². The molecule has 0 saturated carbocycles. The predicted molar refractivity (Wildman–Crippen MR) is 74.6 cm³/mol. The van der Waals surface area contributed by atoms with Gasteiger partial charge in [-0.3, -0.25) is 0 Å². The van der Waals surface area contributed by atoms with Crippen LogP contribution in [0.5, 0.6) is 5.75 Å². The first-order chi connectivity index (χ1) is 9.19. The van der Waals surface area contributed by atoms with Gasteiger partial charge in [-0.05, 0) is 41.8 Å². The lowest BCUT2D eigenvalue weighted by atomic mass is 10.1. The Hall–Kier alpha value is -1.87. The lowest BCUT2D eigenvalue weighted by Gasteiger charge is -2.13. The minimum atomic E-state index is -0.258. The van der Waals surface area contributed by atoms with Crippen molar-refractivity contribution in [3.05, 3.63) is 65.5 Å². The Labute approximate surface area is 113 Å². The van der Waals surface area contributed by atoms with Gasteiger partial charge in [-0.25, -0.2) is 4.39 Å². The van der Waals surface area contributed by atoms with Crippen molar-refractivity contribution in [2.45, 2.75) is 19.4 Å². The third kappa shape index (κ3) is 3.80. The first-order valence-corrected chi connectivity index (χ1v) is 6.42. The predicted octanol–water partition coefficient (Wildman–Crippen LogP) is 3.47. The van der Waals surface area contributed by atoms with Crippen molar-refractivity contribution < 1.29 is 9.13 Å². The molecular weight excluding hydrogens is 241 g/mol. The molecule has 100 valence electrons. The molecule has 1 atom stereocenters. The van der Waals surface area contributed by atoms with Crippen LogP contribution in [0.15, 0.2) is 48.5 Å². The fourth-order valence-electron chi connectivity index (χ4n) is 1.81. The molecule has 0 aliphatic heterocycles. The molecule has 1 unspecified atom stereocenters. The Morgan fingerprint density at radius 3 is 2.26 bits per heavy atom. The van der Waals surface area contributed by atoms with Gasteiger partial charge in [-0.15, -0.1) is 0 Å². The summed E-state index contributed by atoms with van der Waals surface area (Å²) >= 11 is 0. The van der Waals surface area contributed by atoms with Gasteiger partial charge >= 0.3 is 0 Å². The summed E-state index contributed by atoms with van der Waals surface area (Å²) in [5.74, 6) is 0.543. The fourth-order valence-corrected chi connectivity index (χ4v) is 1.81. The number of hydrogen-bond acceptors (Lipinski definition) is 2. The number of halogens is 1. The van der Waals surface area contributed by atoms with Crippen molar-refractivity contribution in [1.82, 2.24) is 0 Å². The van der Waals surface area contributed by atoms with Gasteiger partial charge in [0.05, 0.1) is 6.04 Å². The van der Waals surface area contributed by atoms with Gasteiger partial charge in [0.15, 0.2) is 0 Å². The number of nitrogens with two attached hydrogens (primary N) is 1. The van der Waals surface area contributed by atoms with E-state index in [1.165, 1.54) is 17.7 Å². The monoisotopic (exact) mass is 259 g/mol. The van der Waals surface area contributed by atoms with Crippen molar-refractivity contribution in [3.63, 3.8) is 0 Å². The van der Waals surface area contributed by atoms with Gasteiger partial charge in [0.1, 0.15) is 18.2 Å². The largest absolute Gasteiger partial charge is 0.492 e. The van der Waals surface area contributed by atoms with Crippen LogP contribution < -0.4 is 10.5 Å². The summed E-state index contributed by atoms with van der Waals surface area (Å²) < 4.78 is 18.4. The maximum atomic E-state index is 12.8. The second-order valence-electron chi connectivity index (χ2n) is 4.47. The SMILES string of the molecule is CCc1ccc(OCC(N)c2ccc(F)cc2)cc1. The Morgan fingerprint density at radius 1 is 1.05 bits per heavy atom. The van der Waals surface area contributed by atoms with Crippen LogP contribution in [0.2, 0.25) is 0 Å². The van der Waals surface area contributed by atoms with Crippen molar-refractivity contribution in [2.24, 2.45) is 5.73 Å². The van der Waals surface area contributed by atoms with Crippen LogP contribution in [0.1, 0.15) is 24.1 Å². The van der Waals surface area contributed by atoms with Crippen LogP contribution in [0.25, 0.3) is 0 Å². The fraction of sp³-hybridized carbons (Fsp3) is 0.250. The first kappa shape index (κ1) is 13.6. The second-order valence-corrected chi connectivity index (χ2v) is 4.47. The summed E-state index contributed by atoms with van der Waals surface area (Å²) in [6.45, 7) is 2.48. The highest BCUT2D eigenvalue weighted by atomic mass is 19.1. The third-order valence-corrected chi connectivity index (χ3v) is 3.06. The van der Waals surface area contributed by atoms with Crippen LogP contribution in [-0.4, -0.2) is 6.61 Å².